The highest BCUT2D eigenvalue weighted by molar-refractivity contribution is 5.65. The van der Waals surface area contributed by atoms with E-state index in [1.165, 1.54) is 5.56 Å². The first-order valence-electron chi connectivity index (χ1n) is 10.6. The lowest BCUT2D eigenvalue weighted by molar-refractivity contribution is 0.102. The maximum Gasteiger partial charge on any atom is 0.228 e. The summed E-state index contributed by atoms with van der Waals surface area (Å²) in [5.41, 5.74) is 4.80. The monoisotopic (exact) mass is 440 g/mol. The van der Waals surface area contributed by atoms with Crippen molar-refractivity contribution in [2.24, 2.45) is 7.05 Å². The standard InChI is InChI=1S/C24H24N8O/c1-16-4-6-17(7-5-16)20(33-3)15-23-30-29-22-14-18(10-13-32(22)23)19-8-11-25-24(27-19)28-21-9-12-26-31(21)2/h4-14,20H,15H2,1-3H3,(H,25,27,28). The van der Waals surface area contributed by atoms with Crippen LogP contribution in [0.1, 0.15) is 23.1 Å². The second-order valence-corrected chi connectivity index (χ2v) is 7.83. The molecule has 5 aromatic rings. The van der Waals surface area contributed by atoms with Gasteiger partial charge < -0.3 is 10.1 Å². The van der Waals surface area contributed by atoms with Gasteiger partial charge in [0.05, 0.1) is 18.0 Å². The first kappa shape index (κ1) is 20.8. The lowest BCUT2D eigenvalue weighted by Crippen LogP contribution is -2.08. The number of rotatable bonds is 7. The zero-order valence-corrected chi connectivity index (χ0v) is 18.7. The molecule has 4 heterocycles. The van der Waals surface area contributed by atoms with Gasteiger partial charge in [0, 0.05) is 44.6 Å². The Hall–Kier alpha value is -4.11. The zero-order valence-electron chi connectivity index (χ0n) is 18.7. The second-order valence-electron chi connectivity index (χ2n) is 7.83. The normalized spacial score (nSPS) is 12.2. The van der Waals surface area contributed by atoms with Gasteiger partial charge in [-0.05, 0) is 30.7 Å². The number of hydrogen-bond acceptors (Lipinski definition) is 7. The molecule has 0 spiro atoms. The predicted molar refractivity (Wildman–Crippen MR) is 125 cm³/mol. The van der Waals surface area contributed by atoms with E-state index in [2.05, 4.69) is 61.8 Å². The van der Waals surface area contributed by atoms with E-state index in [1.54, 1.807) is 24.2 Å². The van der Waals surface area contributed by atoms with Crippen LogP contribution in [0.25, 0.3) is 16.9 Å². The molecule has 0 aliphatic carbocycles. The van der Waals surface area contributed by atoms with Crippen LogP contribution in [-0.2, 0) is 18.2 Å². The number of anilines is 2. The van der Waals surface area contributed by atoms with E-state index < -0.39 is 0 Å². The van der Waals surface area contributed by atoms with Crippen LogP contribution in [0.15, 0.2) is 67.1 Å². The molecule has 4 aromatic heterocycles. The molecule has 0 radical (unpaired) electrons. The highest BCUT2D eigenvalue weighted by Crippen LogP contribution is 2.24. The first-order valence-corrected chi connectivity index (χ1v) is 10.6. The summed E-state index contributed by atoms with van der Waals surface area (Å²) in [6.07, 6.45) is 5.94. The number of aryl methyl sites for hydroxylation is 2. The highest BCUT2D eigenvalue weighted by Gasteiger charge is 2.16. The summed E-state index contributed by atoms with van der Waals surface area (Å²) in [6.45, 7) is 2.07. The van der Waals surface area contributed by atoms with E-state index in [9.17, 15) is 0 Å². The van der Waals surface area contributed by atoms with E-state index in [0.29, 0.717) is 12.4 Å². The maximum absolute atomic E-state index is 5.74. The number of fused-ring (bicyclic) bond motifs is 1. The van der Waals surface area contributed by atoms with Crippen molar-refractivity contribution in [2.45, 2.75) is 19.4 Å². The highest BCUT2D eigenvalue weighted by atomic mass is 16.5. The largest absolute Gasteiger partial charge is 0.376 e. The topological polar surface area (TPSA) is 95.0 Å². The van der Waals surface area contributed by atoms with E-state index in [4.69, 9.17) is 4.74 Å². The Labute approximate surface area is 191 Å². The van der Waals surface area contributed by atoms with Crippen molar-refractivity contribution in [1.82, 2.24) is 34.3 Å². The molecule has 0 saturated heterocycles. The maximum atomic E-state index is 5.74. The average Bonchev–Trinajstić information content (AvgIpc) is 3.43. The van der Waals surface area contributed by atoms with Crippen molar-refractivity contribution < 1.29 is 4.74 Å². The number of pyridine rings is 1. The van der Waals surface area contributed by atoms with Gasteiger partial charge in [-0.3, -0.25) is 9.08 Å². The number of ether oxygens (including phenoxy) is 1. The van der Waals surface area contributed by atoms with Gasteiger partial charge in [-0.15, -0.1) is 10.2 Å². The predicted octanol–water partition coefficient (Wildman–Crippen LogP) is 3.90. The number of aromatic nitrogens is 7. The Morgan fingerprint density at radius 2 is 1.88 bits per heavy atom. The van der Waals surface area contributed by atoms with Gasteiger partial charge >= 0.3 is 0 Å². The Morgan fingerprint density at radius 3 is 2.64 bits per heavy atom. The van der Waals surface area contributed by atoms with Crippen LogP contribution in [-0.4, -0.2) is 41.5 Å². The zero-order chi connectivity index (χ0) is 22.8. The third kappa shape index (κ3) is 4.31. The SMILES string of the molecule is COC(Cc1nnc2cc(-c3ccnc(Nc4ccnn4C)n3)ccn12)c1ccc(C)cc1. The molecule has 9 nitrogen and oxygen atoms in total. The molecule has 0 aliphatic rings. The molecule has 166 valence electrons. The van der Waals surface area contributed by atoms with Gasteiger partial charge in [0.2, 0.25) is 5.95 Å². The summed E-state index contributed by atoms with van der Waals surface area (Å²) < 4.78 is 9.46. The molecule has 0 bridgehead atoms. The minimum atomic E-state index is -0.0971. The molecule has 0 fully saturated rings. The molecule has 1 unspecified atom stereocenters. The fraction of sp³-hybridized carbons (Fsp3) is 0.208. The molecular formula is C24H24N8O. The smallest absolute Gasteiger partial charge is 0.228 e. The van der Waals surface area contributed by atoms with E-state index in [1.807, 2.05) is 41.9 Å². The molecule has 0 aliphatic heterocycles. The van der Waals surface area contributed by atoms with Crippen LogP contribution >= 0.6 is 0 Å². The summed E-state index contributed by atoms with van der Waals surface area (Å²) >= 11 is 0. The molecule has 1 N–H and O–H groups in total. The molecular weight excluding hydrogens is 416 g/mol. The van der Waals surface area contributed by atoms with Gasteiger partial charge in [-0.2, -0.15) is 5.10 Å². The molecule has 9 heteroatoms. The van der Waals surface area contributed by atoms with Crippen LogP contribution in [0.3, 0.4) is 0 Å². The van der Waals surface area contributed by atoms with Crippen molar-refractivity contribution >= 4 is 17.4 Å². The third-order valence-corrected chi connectivity index (χ3v) is 5.59. The van der Waals surface area contributed by atoms with Crippen LogP contribution in [0.5, 0.6) is 0 Å². The van der Waals surface area contributed by atoms with Crippen LogP contribution in [0.2, 0.25) is 0 Å². The van der Waals surface area contributed by atoms with Crippen molar-refractivity contribution in [2.75, 3.05) is 12.4 Å². The fourth-order valence-corrected chi connectivity index (χ4v) is 3.71. The van der Waals surface area contributed by atoms with Crippen LogP contribution < -0.4 is 5.32 Å². The fourth-order valence-electron chi connectivity index (χ4n) is 3.71. The van der Waals surface area contributed by atoms with Gasteiger partial charge in [-0.1, -0.05) is 29.8 Å². The molecule has 1 aromatic carbocycles. The molecule has 33 heavy (non-hydrogen) atoms. The Morgan fingerprint density at radius 1 is 1.03 bits per heavy atom. The number of benzene rings is 1. The second kappa shape index (κ2) is 8.79. The Balaban J connectivity index is 1.39. The average molecular weight is 441 g/mol. The van der Waals surface area contributed by atoms with Gasteiger partial charge in [0.1, 0.15) is 11.6 Å². The lowest BCUT2D eigenvalue weighted by Gasteiger charge is -2.15. The number of hydrogen-bond donors (Lipinski definition) is 1. The number of methoxy groups -OCH3 is 1. The summed E-state index contributed by atoms with van der Waals surface area (Å²) in [4.78, 5) is 8.95. The quantitative estimate of drug-likeness (QED) is 0.410. The molecule has 0 amide bonds. The number of nitrogens with one attached hydrogen (secondary N) is 1. The van der Waals surface area contributed by atoms with E-state index in [-0.39, 0.29) is 6.10 Å². The van der Waals surface area contributed by atoms with Gasteiger partial charge in [0.25, 0.3) is 0 Å². The summed E-state index contributed by atoms with van der Waals surface area (Å²) in [5.74, 6) is 2.15. The summed E-state index contributed by atoms with van der Waals surface area (Å²) in [6, 6.07) is 16.1. The van der Waals surface area contributed by atoms with Gasteiger partial charge in [0.15, 0.2) is 5.65 Å². The Bertz CT molecular complexity index is 1390. The van der Waals surface area contributed by atoms with E-state index >= 15 is 0 Å². The van der Waals surface area contributed by atoms with Gasteiger partial charge in [-0.25, -0.2) is 9.97 Å². The number of nitrogens with zero attached hydrogens (tertiary/aromatic N) is 7. The Kier molecular flexibility index (Phi) is 5.54. The van der Waals surface area contributed by atoms with Crippen LogP contribution in [0.4, 0.5) is 11.8 Å². The third-order valence-electron chi connectivity index (χ3n) is 5.59. The van der Waals surface area contributed by atoms with Crippen LogP contribution in [0, 0.1) is 6.92 Å². The molecule has 0 saturated carbocycles. The minimum Gasteiger partial charge on any atom is -0.376 e. The summed E-state index contributed by atoms with van der Waals surface area (Å²) in [7, 11) is 3.58. The van der Waals surface area contributed by atoms with Crippen molar-refractivity contribution in [1.29, 1.82) is 0 Å². The van der Waals surface area contributed by atoms with Crippen molar-refractivity contribution in [3.63, 3.8) is 0 Å². The van der Waals surface area contributed by atoms with Crippen molar-refractivity contribution in [3.05, 3.63) is 84.1 Å². The first-order chi connectivity index (χ1) is 16.1. The lowest BCUT2D eigenvalue weighted by atomic mass is 10.0. The molecule has 5 rings (SSSR count). The van der Waals surface area contributed by atoms with E-state index in [0.717, 1.165) is 34.1 Å². The minimum absolute atomic E-state index is 0.0971. The molecule has 1 atom stereocenters. The summed E-state index contributed by atoms with van der Waals surface area (Å²) in [5, 5.41) is 16.1. The van der Waals surface area contributed by atoms with Crippen molar-refractivity contribution in [3.8, 4) is 11.3 Å².